The van der Waals surface area contributed by atoms with Gasteiger partial charge in [-0.1, -0.05) is 12.8 Å². The average molecular weight is 293 g/mol. The molecule has 4 heteroatoms. The van der Waals surface area contributed by atoms with Crippen molar-refractivity contribution < 1.29 is 4.79 Å². The Bertz CT molecular complexity index is 348. The maximum Gasteiger partial charge on any atom is 0.239 e. The Balaban J connectivity index is 1.38. The number of carbonyl (C=O) groups is 1. The standard InChI is InChI=1S/C17H31N3O/c1-14(17(21)19-9-4-2-3-5-10-19)18-12-15-8-11-20(13-15)16-6-7-16/h14-16,18H,2-13H2,1H3. The van der Waals surface area contributed by atoms with E-state index in [1.54, 1.807) is 0 Å². The molecule has 2 atom stereocenters. The normalized spacial score (nSPS) is 29.4. The summed E-state index contributed by atoms with van der Waals surface area (Å²) in [5.74, 6) is 1.05. The van der Waals surface area contributed by atoms with Crippen molar-refractivity contribution in [2.24, 2.45) is 5.92 Å². The van der Waals surface area contributed by atoms with Crippen molar-refractivity contribution in [3.8, 4) is 0 Å². The summed E-state index contributed by atoms with van der Waals surface area (Å²) < 4.78 is 0. The van der Waals surface area contributed by atoms with Crippen LogP contribution < -0.4 is 5.32 Å². The van der Waals surface area contributed by atoms with E-state index in [0.717, 1.165) is 31.6 Å². The van der Waals surface area contributed by atoms with Crippen molar-refractivity contribution in [2.75, 3.05) is 32.7 Å². The summed E-state index contributed by atoms with van der Waals surface area (Å²) in [6.07, 6.45) is 9.03. The Hall–Kier alpha value is -0.610. The summed E-state index contributed by atoms with van der Waals surface area (Å²) in [4.78, 5) is 17.2. The third-order valence-electron chi connectivity index (χ3n) is 5.38. The van der Waals surface area contributed by atoms with Crippen molar-refractivity contribution in [3.05, 3.63) is 0 Å². The van der Waals surface area contributed by atoms with Gasteiger partial charge in [-0.05, 0) is 58.0 Å². The highest BCUT2D eigenvalue weighted by molar-refractivity contribution is 5.81. The molecule has 2 unspecified atom stereocenters. The molecule has 2 aliphatic heterocycles. The van der Waals surface area contributed by atoms with E-state index in [9.17, 15) is 4.79 Å². The molecule has 2 saturated heterocycles. The predicted molar refractivity (Wildman–Crippen MR) is 85.2 cm³/mol. The third kappa shape index (κ3) is 4.19. The molecule has 0 bridgehead atoms. The molecule has 0 aromatic carbocycles. The van der Waals surface area contributed by atoms with E-state index in [2.05, 4.69) is 15.1 Å². The van der Waals surface area contributed by atoms with Crippen LogP contribution in [0, 0.1) is 5.92 Å². The number of rotatable bonds is 5. The van der Waals surface area contributed by atoms with Gasteiger partial charge in [0.25, 0.3) is 0 Å². The fourth-order valence-electron chi connectivity index (χ4n) is 3.80. The molecule has 3 fully saturated rings. The molecule has 1 aliphatic carbocycles. The second-order valence-electron chi connectivity index (χ2n) is 7.25. The molecule has 3 rings (SSSR count). The highest BCUT2D eigenvalue weighted by Crippen LogP contribution is 2.31. The summed E-state index contributed by atoms with van der Waals surface area (Å²) >= 11 is 0. The topological polar surface area (TPSA) is 35.6 Å². The van der Waals surface area contributed by atoms with Crippen LogP contribution in [0.5, 0.6) is 0 Å². The lowest BCUT2D eigenvalue weighted by molar-refractivity contribution is -0.133. The van der Waals surface area contributed by atoms with E-state index in [0.29, 0.717) is 5.91 Å². The number of nitrogens with zero attached hydrogens (tertiary/aromatic N) is 2. The molecule has 21 heavy (non-hydrogen) atoms. The molecule has 3 aliphatic rings. The molecule has 1 N–H and O–H groups in total. The molecule has 4 nitrogen and oxygen atoms in total. The smallest absolute Gasteiger partial charge is 0.239 e. The number of hydrogen-bond acceptors (Lipinski definition) is 3. The van der Waals surface area contributed by atoms with Crippen molar-refractivity contribution in [3.63, 3.8) is 0 Å². The number of amides is 1. The number of hydrogen-bond donors (Lipinski definition) is 1. The Morgan fingerprint density at radius 1 is 1.10 bits per heavy atom. The number of carbonyl (C=O) groups excluding carboxylic acids is 1. The maximum atomic E-state index is 12.5. The van der Waals surface area contributed by atoms with E-state index in [4.69, 9.17) is 0 Å². The van der Waals surface area contributed by atoms with E-state index in [-0.39, 0.29) is 6.04 Å². The molecule has 0 spiro atoms. The van der Waals surface area contributed by atoms with Gasteiger partial charge < -0.3 is 15.1 Å². The largest absolute Gasteiger partial charge is 0.341 e. The van der Waals surface area contributed by atoms with Crippen LogP contribution in [0.2, 0.25) is 0 Å². The van der Waals surface area contributed by atoms with E-state index >= 15 is 0 Å². The summed E-state index contributed by atoms with van der Waals surface area (Å²) in [5.41, 5.74) is 0. The van der Waals surface area contributed by atoms with Gasteiger partial charge in [-0.25, -0.2) is 0 Å². The minimum atomic E-state index is -0.0157. The van der Waals surface area contributed by atoms with Crippen molar-refractivity contribution >= 4 is 5.91 Å². The molecule has 0 aromatic rings. The van der Waals surface area contributed by atoms with Crippen LogP contribution in [0.3, 0.4) is 0 Å². The lowest BCUT2D eigenvalue weighted by Crippen LogP contribution is -2.46. The van der Waals surface area contributed by atoms with Crippen LogP contribution in [0.15, 0.2) is 0 Å². The highest BCUT2D eigenvalue weighted by Gasteiger charge is 2.34. The molecular formula is C17H31N3O. The lowest BCUT2D eigenvalue weighted by atomic mass is 10.1. The minimum Gasteiger partial charge on any atom is -0.341 e. The summed E-state index contributed by atoms with van der Waals surface area (Å²) in [6.45, 7) is 7.48. The fraction of sp³-hybridized carbons (Fsp3) is 0.941. The van der Waals surface area contributed by atoms with Gasteiger partial charge >= 0.3 is 0 Å². The van der Waals surface area contributed by atoms with Crippen LogP contribution in [-0.4, -0.2) is 60.5 Å². The van der Waals surface area contributed by atoms with Crippen LogP contribution in [-0.2, 0) is 4.79 Å². The Kier molecular flexibility index (Phi) is 5.17. The van der Waals surface area contributed by atoms with E-state index < -0.39 is 0 Å². The first-order valence-corrected chi connectivity index (χ1v) is 9.00. The monoisotopic (exact) mass is 293 g/mol. The molecule has 1 amide bonds. The first kappa shape index (κ1) is 15.3. The lowest BCUT2D eigenvalue weighted by Gasteiger charge is -2.25. The highest BCUT2D eigenvalue weighted by atomic mass is 16.2. The maximum absolute atomic E-state index is 12.5. The van der Waals surface area contributed by atoms with Crippen LogP contribution >= 0.6 is 0 Å². The number of nitrogens with one attached hydrogen (secondary N) is 1. The zero-order valence-corrected chi connectivity index (χ0v) is 13.5. The summed E-state index contributed by atoms with van der Waals surface area (Å²) in [5, 5.41) is 3.50. The Morgan fingerprint density at radius 2 is 1.81 bits per heavy atom. The van der Waals surface area contributed by atoms with Gasteiger partial charge in [0.2, 0.25) is 5.91 Å². The van der Waals surface area contributed by atoms with Gasteiger partial charge in [-0.3, -0.25) is 4.79 Å². The molecule has 0 radical (unpaired) electrons. The van der Waals surface area contributed by atoms with Crippen LogP contribution in [0.1, 0.15) is 51.9 Å². The molecule has 0 aromatic heterocycles. The first-order valence-electron chi connectivity index (χ1n) is 9.00. The Morgan fingerprint density at radius 3 is 2.48 bits per heavy atom. The van der Waals surface area contributed by atoms with Gasteiger partial charge in [0.15, 0.2) is 0 Å². The van der Waals surface area contributed by atoms with Crippen LogP contribution in [0.25, 0.3) is 0 Å². The quantitative estimate of drug-likeness (QED) is 0.840. The SMILES string of the molecule is CC(NCC1CCN(C2CC2)C1)C(=O)N1CCCCCC1. The molecule has 2 heterocycles. The second kappa shape index (κ2) is 7.10. The van der Waals surface area contributed by atoms with Gasteiger partial charge in [-0.2, -0.15) is 0 Å². The second-order valence-corrected chi connectivity index (χ2v) is 7.25. The third-order valence-corrected chi connectivity index (χ3v) is 5.38. The van der Waals surface area contributed by atoms with Gasteiger partial charge in [0.1, 0.15) is 0 Å². The minimum absolute atomic E-state index is 0.0157. The van der Waals surface area contributed by atoms with Crippen molar-refractivity contribution in [1.82, 2.24) is 15.1 Å². The van der Waals surface area contributed by atoms with Gasteiger partial charge in [-0.15, -0.1) is 0 Å². The zero-order valence-electron chi connectivity index (χ0n) is 13.5. The number of likely N-dealkylation sites (tertiary alicyclic amines) is 2. The molecular weight excluding hydrogens is 262 g/mol. The van der Waals surface area contributed by atoms with Gasteiger partial charge in [0, 0.05) is 25.7 Å². The average Bonchev–Trinajstić information content (AvgIpc) is 3.29. The predicted octanol–water partition coefficient (Wildman–Crippen LogP) is 1.85. The van der Waals surface area contributed by atoms with Crippen LogP contribution in [0.4, 0.5) is 0 Å². The first-order chi connectivity index (χ1) is 10.2. The zero-order chi connectivity index (χ0) is 14.7. The van der Waals surface area contributed by atoms with Crippen molar-refractivity contribution in [1.29, 1.82) is 0 Å². The molecule has 1 saturated carbocycles. The fourth-order valence-corrected chi connectivity index (χ4v) is 3.80. The summed E-state index contributed by atoms with van der Waals surface area (Å²) in [6, 6.07) is 0.879. The summed E-state index contributed by atoms with van der Waals surface area (Å²) in [7, 11) is 0. The molecule has 120 valence electrons. The van der Waals surface area contributed by atoms with E-state index in [1.807, 2.05) is 6.92 Å². The van der Waals surface area contributed by atoms with Crippen molar-refractivity contribution in [2.45, 2.75) is 64.0 Å². The Labute approximate surface area is 129 Å². The van der Waals surface area contributed by atoms with E-state index in [1.165, 1.54) is 58.0 Å². The van der Waals surface area contributed by atoms with Gasteiger partial charge in [0.05, 0.1) is 6.04 Å².